The number of aromatic hydroxyl groups is 1. The van der Waals surface area contributed by atoms with Crippen molar-refractivity contribution < 1.29 is 20.1 Å². The monoisotopic (exact) mass is 360 g/mol. The van der Waals surface area contributed by atoms with Crippen LogP contribution in [-0.2, 0) is 6.42 Å². The van der Waals surface area contributed by atoms with Crippen LogP contribution in [0, 0.1) is 11.8 Å². The first-order chi connectivity index (χ1) is 12.4. The van der Waals surface area contributed by atoms with Crippen molar-refractivity contribution in [3.05, 3.63) is 40.5 Å². The normalized spacial score (nSPS) is 20.3. The molecule has 3 N–H and O–H groups in total. The number of rotatable bonds is 8. The van der Waals surface area contributed by atoms with E-state index in [4.69, 9.17) is 5.11 Å². The molecule has 0 saturated heterocycles. The van der Waals surface area contributed by atoms with Gasteiger partial charge in [-0.2, -0.15) is 0 Å². The summed E-state index contributed by atoms with van der Waals surface area (Å²) in [5, 5.41) is 29.4. The van der Waals surface area contributed by atoms with E-state index in [1.165, 1.54) is 5.57 Å². The van der Waals surface area contributed by atoms with Crippen molar-refractivity contribution in [1.82, 2.24) is 0 Å². The second-order valence-corrected chi connectivity index (χ2v) is 7.86. The van der Waals surface area contributed by atoms with Gasteiger partial charge in [-0.05, 0) is 56.4 Å². The molecule has 2 unspecified atom stereocenters. The summed E-state index contributed by atoms with van der Waals surface area (Å²) >= 11 is 0. The fourth-order valence-electron chi connectivity index (χ4n) is 4.12. The van der Waals surface area contributed by atoms with Gasteiger partial charge in [0.05, 0.1) is 0 Å². The zero-order valence-electron chi connectivity index (χ0n) is 16.2. The van der Waals surface area contributed by atoms with Gasteiger partial charge in [0.25, 0.3) is 0 Å². The average molecular weight is 360 g/mol. The predicted octanol–water partition coefficient (Wildman–Crippen LogP) is 4.89. The second-order valence-electron chi connectivity index (χ2n) is 7.86. The van der Waals surface area contributed by atoms with E-state index in [1.807, 2.05) is 12.1 Å². The van der Waals surface area contributed by atoms with E-state index in [-0.39, 0.29) is 23.8 Å². The van der Waals surface area contributed by atoms with E-state index >= 15 is 0 Å². The molecule has 0 heterocycles. The molecule has 0 amide bonds. The van der Waals surface area contributed by atoms with E-state index in [0.717, 1.165) is 31.2 Å². The Hall–Kier alpha value is -1.81. The highest BCUT2D eigenvalue weighted by molar-refractivity contribution is 5.93. The molecule has 0 fully saturated rings. The molecule has 0 aliphatic heterocycles. The molecule has 4 heteroatoms. The summed E-state index contributed by atoms with van der Waals surface area (Å²) in [4.78, 5) is 11.8. The summed E-state index contributed by atoms with van der Waals surface area (Å²) in [6, 6.07) is 3.78. The Bertz CT molecular complexity index is 660. The van der Waals surface area contributed by atoms with Gasteiger partial charge >= 0.3 is 5.97 Å². The third-order valence-corrected chi connectivity index (χ3v) is 5.63. The largest absolute Gasteiger partial charge is 0.507 e. The Labute approximate surface area is 156 Å². The Balaban J connectivity index is 2.39. The molecule has 26 heavy (non-hydrogen) atoms. The zero-order valence-corrected chi connectivity index (χ0v) is 16.2. The van der Waals surface area contributed by atoms with Gasteiger partial charge in [0, 0.05) is 18.1 Å². The van der Waals surface area contributed by atoms with Crippen LogP contribution >= 0.6 is 0 Å². The maximum Gasteiger partial charge on any atom is 0.339 e. The van der Waals surface area contributed by atoms with Crippen LogP contribution in [-0.4, -0.2) is 27.9 Å². The van der Waals surface area contributed by atoms with Crippen LogP contribution in [0.15, 0.2) is 23.8 Å². The number of phenols is 1. The molecule has 4 nitrogen and oxygen atoms in total. The third-order valence-electron chi connectivity index (χ3n) is 5.63. The van der Waals surface area contributed by atoms with Crippen molar-refractivity contribution in [3.63, 3.8) is 0 Å². The number of carbonyl (C=O) groups is 1. The molecule has 1 aromatic carbocycles. The van der Waals surface area contributed by atoms with Gasteiger partial charge in [-0.15, -0.1) is 0 Å². The predicted molar refractivity (Wildman–Crippen MR) is 104 cm³/mol. The van der Waals surface area contributed by atoms with Crippen LogP contribution in [0.5, 0.6) is 5.75 Å². The number of aliphatic hydroxyl groups excluding tert-OH is 1. The number of benzene rings is 1. The molecule has 2 atom stereocenters. The smallest absolute Gasteiger partial charge is 0.339 e. The lowest BCUT2D eigenvalue weighted by atomic mass is 9.71. The first-order valence-electron chi connectivity index (χ1n) is 9.73. The molecule has 1 aromatic rings. The molecular weight excluding hydrogens is 328 g/mol. The molecular formula is C22H32O4. The summed E-state index contributed by atoms with van der Waals surface area (Å²) in [5.41, 5.74) is 2.76. The number of hydrogen-bond acceptors (Lipinski definition) is 3. The van der Waals surface area contributed by atoms with Crippen LogP contribution in [0.4, 0.5) is 0 Å². The molecule has 0 radical (unpaired) electrons. The van der Waals surface area contributed by atoms with Crippen LogP contribution in [0.2, 0.25) is 0 Å². The highest BCUT2D eigenvalue weighted by atomic mass is 16.4. The number of aliphatic hydroxyl groups is 1. The van der Waals surface area contributed by atoms with Crippen LogP contribution < -0.4 is 0 Å². The minimum absolute atomic E-state index is 0.0469. The zero-order chi connectivity index (χ0) is 19.3. The van der Waals surface area contributed by atoms with Gasteiger partial charge in [-0.3, -0.25) is 0 Å². The number of allylic oxidation sites excluding steroid dienone is 2. The summed E-state index contributed by atoms with van der Waals surface area (Å²) in [5.74, 6) is -0.208. The SMILES string of the molecule is CC1=CC(c2ccc(CCCCCO)c(C(=O)O)c2O)C(C(C)C)CC1. The van der Waals surface area contributed by atoms with Crippen molar-refractivity contribution >= 4 is 5.97 Å². The van der Waals surface area contributed by atoms with Gasteiger partial charge in [0.2, 0.25) is 0 Å². The Morgan fingerprint density at radius 2 is 1.96 bits per heavy atom. The molecule has 0 saturated carbocycles. The van der Waals surface area contributed by atoms with Gasteiger partial charge in [-0.25, -0.2) is 4.79 Å². The lowest BCUT2D eigenvalue weighted by Gasteiger charge is -2.33. The Kier molecular flexibility index (Phi) is 7.27. The molecule has 0 aromatic heterocycles. The maximum atomic E-state index is 11.8. The summed E-state index contributed by atoms with van der Waals surface area (Å²) in [6.07, 6.45) is 7.30. The van der Waals surface area contributed by atoms with Crippen molar-refractivity contribution in [3.8, 4) is 5.75 Å². The van der Waals surface area contributed by atoms with Crippen LogP contribution in [0.25, 0.3) is 0 Å². The Morgan fingerprint density at radius 3 is 2.58 bits per heavy atom. The molecule has 2 rings (SSSR count). The standard InChI is InChI=1S/C22H32O4/c1-14(2)17-10-8-15(3)13-19(17)18-11-9-16(7-5-4-6-12-23)20(21(18)24)22(25)26/h9,11,13-14,17,19,23-24H,4-8,10,12H2,1-3H3,(H,25,26). The third kappa shape index (κ3) is 4.67. The minimum Gasteiger partial charge on any atom is -0.507 e. The fourth-order valence-corrected chi connectivity index (χ4v) is 4.12. The van der Waals surface area contributed by atoms with Crippen molar-refractivity contribution in [1.29, 1.82) is 0 Å². The molecule has 1 aliphatic carbocycles. The maximum absolute atomic E-state index is 11.8. The summed E-state index contributed by atoms with van der Waals surface area (Å²) in [7, 11) is 0. The van der Waals surface area contributed by atoms with Crippen molar-refractivity contribution in [2.24, 2.45) is 11.8 Å². The molecule has 144 valence electrons. The van der Waals surface area contributed by atoms with Crippen molar-refractivity contribution in [2.45, 2.75) is 65.2 Å². The number of aromatic carboxylic acids is 1. The number of hydrogen-bond donors (Lipinski definition) is 3. The highest BCUT2D eigenvalue weighted by Gasteiger charge is 2.31. The van der Waals surface area contributed by atoms with Crippen molar-refractivity contribution in [2.75, 3.05) is 6.61 Å². The number of unbranched alkanes of at least 4 members (excludes halogenated alkanes) is 2. The van der Waals surface area contributed by atoms with E-state index in [1.54, 1.807) is 0 Å². The van der Waals surface area contributed by atoms with Gasteiger partial charge in [-0.1, -0.05) is 44.1 Å². The lowest BCUT2D eigenvalue weighted by Crippen LogP contribution is -2.21. The first kappa shape index (κ1) is 20.5. The second kappa shape index (κ2) is 9.22. The van der Waals surface area contributed by atoms with E-state index in [9.17, 15) is 15.0 Å². The van der Waals surface area contributed by atoms with Gasteiger partial charge in [0.1, 0.15) is 11.3 Å². The first-order valence-corrected chi connectivity index (χ1v) is 9.73. The van der Waals surface area contributed by atoms with E-state index in [2.05, 4.69) is 26.8 Å². The summed E-state index contributed by atoms with van der Waals surface area (Å²) in [6.45, 7) is 6.64. The number of aryl methyl sites for hydroxylation is 1. The molecule has 1 aliphatic rings. The van der Waals surface area contributed by atoms with E-state index in [0.29, 0.717) is 30.2 Å². The lowest BCUT2D eigenvalue weighted by molar-refractivity contribution is 0.0692. The van der Waals surface area contributed by atoms with Gasteiger partial charge < -0.3 is 15.3 Å². The molecule has 0 bridgehead atoms. The number of carboxylic acids is 1. The average Bonchev–Trinajstić information content (AvgIpc) is 2.58. The summed E-state index contributed by atoms with van der Waals surface area (Å²) < 4.78 is 0. The van der Waals surface area contributed by atoms with E-state index < -0.39 is 5.97 Å². The molecule has 0 spiro atoms. The quantitative estimate of drug-likeness (QED) is 0.455. The Morgan fingerprint density at radius 1 is 1.23 bits per heavy atom. The van der Waals surface area contributed by atoms with Gasteiger partial charge in [0.15, 0.2) is 0 Å². The minimum atomic E-state index is -1.07. The van der Waals surface area contributed by atoms with Crippen LogP contribution in [0.3, 0.4) is 0 Å². The topological polar surface area (TPSA) is 77.8 Å². The highest BCUT2D eigenvalue weighted by Crippen LogP contribution is 2.44. The number of carboxylic acid groups (broad SMARTS) is 1. The van der Waals surface area contributed by atoms with Crippen LogP contribution in [0.1, 0.15) is 80.3 Å². The fraction of sp³-hybridized carbons (Fsp3) is 0.591.